The molecule has 0 bridgehead atoms. The Morgan fingerprint density at radius 3 is 2.53 bits per heavy atom. The third-order valence-electron chi connectivity index (χ3n) is 2.60. The maximum Gasteiger partial charge on any atom is 0.136 e. The van der Waals surface area contributed by atoms with Crippen LogP contribution in [0.1, 0.15) is 20.8 Å². The second kappa shape index (κ2) is 4.99. The highest BCUT2D eigenvalue weighted by molar-refractivity contribution is 7.99. The first-order valence-electron chi connectivity index (χ1n) is 5.03. The largest absolute Gasteiger partial charge is 0.389 e. The molecule has 0 heterocycles. The molecule has 3 heteroatoms. The first-order chi connectivity index (χ1) is 6.93. The van der Waals surface area contributed by atoms with Crippen molar-refractivity contribution in [2.24, 2.45) is 5.92 Å². The van der Waals surface area contributed by atoms with Crippen molar-refractivity contribution in [1.82, 2.24) is 0 Å². The van der Waals surface area contributed by atoms with Crippen LogP contribution in [0.15, 0.2) is 29.2 Å². The molecule has 1 unspecified atom stereocenters. The van der Waals surface area contributed by atoms with Gasteiger partial charge in [0.2, 0.25) is 0 Å². The van der Waals surface area contributed by atoms with E-state index in [4.69, 9.17) is 0 Å². The summed E-state index contributed by atoms with van der Waals surface area (Å²) in [7, 11) is 0. The number of thioether (sulfide) groups is 1. The molecule has 0 spiro atoms. The van der Waals surface area contributed by atoms with E-state index in [1.807, 2.05) is 13.8 Å². The Morgan fingerprint density at radius 1 is 1.40 bits per heavy atom. The molecule has 1 N–H and O–H groups in total. The number of benzene rings is 1. The summed E-state index contributed by atoms with van der Waals surface area (Å²) in [5.41, 5.74) is -0.757. The van der Waals surface area contributed by atoms with Gasteiger partial charge in [0.1, 0.15) is 5.82 Å². The Labute approximate surface area is 94.7 Å². The molecule has 0 saturated carbocycles. The molecule has 0 aliphatic rings. The molecule has 0 saturated heterocycles. The van der Waals surface area contributed by atoms with Crippen molar-refractivity contribution in [2.45, 2.75) is 31.3 Å². The van der Waals surface area contributed by atoms with Gasteiger partial charge in [-0.1, -0.05) is 26.0 Å². The Bertz CT molecular complexity index is 323. The quantitative estimate of drug-likeness (QED) is 0.798. The molecule has 0 amide bonds. The van der Waals surface area contributed by atoms with E-state index in [2.05, 4.69) is 0 Å². The van der Waals surface area contributed by atoms with Crippen LogP contribution < -0.4 is 0 Å². The highest BCUT2D eigenvalue weighted by Crippen LogP contribution is 2.28. The van der Waals surface area contributed by atoms with Crippen LogP contribution in [0, 0.1) is 11.7 Å². The summed E-state index contributed by atoms with van der Waals surface area (Å²) in [5, 5.41) is 10.0. The molecule has 0 aromatic heterocycles. The van der Waals surface area contributed by atoms with E-state index in [1.54, 1.807) is 25.1 Å². The van der Waals surface area contributed by atoms with Gasteiger partial charge in [-0.05, 0) is 25.0 Å². The fourth-order valence-electron chi connectivity index (χ4n) is 0.952. The lowest BCUT2D eigenvalue weighted by Gasteiger charge is -2.27. The first kappa shape index (κ1) is 12.5. The lowest BCUT2D eigenvalue weighted by molar-refractivity contribution is 0.0376. The predicted octanol–water partition coefficient (Wildman–Crippen LogP) is 3.32. The summed E-state index contributed by atoms with van der Waals surface area (Å²) >= 11 is 1.36. The van der Waals surface area contributed by atoms with Gasteiger partial charge in [0.05, 0.1) is 5.60 Å². The van der Waals surface area contributed by atoms with Crippen LogP contribution in [0.5, 0.6) is 0 Å². The van der Waals surface area contributed by atoms with Gasteiger partial charge in [-0.25, -0.2) is 4.39 Å². The zero-order valence-corrected chi connectivity index (χ0v) is 10.1. The smallest absolute Gasteiger partial charge is 0.136 e. The number of aliphatic hydroxyl groups is 1. The van der Waals surface area contributed by atoms with E-state index in [0.29, 0.717) is 10.6 Å². The molecule has 0 aliphatic heterocycles. The minimum Gasteiger partial charge on any atom is -0.389 e. The van der Waals surface area contributed by atoms with Gasteiger partial charge in [0.25, 0.3) is 0 Å². The molecule has 1 atom stereocenters. The van der Waals surface area contributed by atoms with Crippen LogP contribution >= 0.6 is 11.8 Å². The molecule has 0 radical (unpaired) electrons. The fourth-order valence-corrected chi connectivity index (χ4v) is 2.11. The Balaban J connectivity index is 2.62. The number of hydrogen-bond acceptors (Lipinski definition) is 2. The van der Waals surface area contributed by atoms with Gasteiger partial charge in [0, 0.05) is 10.6 Å². The van der Waals surface area contributed by atoms with Crippen molar-refractivity contribution in [3.63, 3.8) is 0 Å². The number of rotatable bonds is 4. The molecule has 1 nitrogen and oxygen atoms in total. The minimum atomic E-state index is -0.757. The molecule has 15 heavy (non-hydrogen) atoms. The normalized spacial score (nSPS) is 15.3. The molecule has 1 aromatic carbocycles. The second-order valence-corrected chi connectivity index (χ2v) is 5.25. The minimum absolute atomic E-state index is 0.164. The van der Waals surface area contributed by atoms with Crippen molar-refractivity contribution < 1.29 is 9.50 Å². The van der Waals surface area contributed by atoms with Crippen LogP contribution in [-0.4, -0.2) is 16.5 Å². The van der Waals surface area contributed by atoms with Crippen LogP contribution in [0.4, 0.5) is 4.39 Å². The van der Waals surface area contributed by atoms with Crippen LogP contribution in [0.2, 0.25) is 0 Å². The number of halogens is 1. The third-order valence-corrected chi connectivity index (χ3v) is 3.97. The first-order valence-corrected chi connectivity index (χ1v) is 6.02. The van der Waals surface area contributed by atoms with Crippen molar-refractivity contribution in [2.75, 3.05) is 5.75 Å². The SMILES string of the molecule is CC(C)C(C)(O)CSc1ccccc1F. The van der Waals surface area contributed by atoms with Gasteiger partial charge < -0.3 is 5.11 Å². The maximum absolute atomic E-state index is 13.3. The zero-order valence-electron chi connectivity index (χ0n) is 9.33. The second-order valence-electron chi connectivity index (χ2n) is 4.23. The predicted molar refractivity (Wildman–Crippen MR) is 62.6 cm³/mol. The van der Waals surface area contributed by atoms with E-state index in [1.165, 1.54) is 17.8 Å². The van der Waals surface area contributed by atoms with Crippen LogP contribution in [0.3, 0.4) is 0 Å². The highest BCUT2D eigenvalue weighted by atomic mass is 32.2. The van der Waals surface area contributed by atoms with Gasteiger partial charge >= 0.3 is 0 Å². The molecule has 0 fully saturated rings. The summed E-state index contributed by atoms with van der Waals surface area (Å²) in [4.78, 5) is 0.596. The van der Waals surface area contributed by atoms with Crippen molar-refractivity contribution in [3.8, 4) is 0 Å². The van der Waals surface area contributed by atoms with E-state index in [9.17, 15) is 9.50 Å². The van der Waals surface area contributed by atoms with E-state index < -0.39 is 5.60 Å². The maximum atomic E-state index is 13.3. The van der Waals surface area contributed by atoms with Crippen molar-refractivity contribution >= 4 is 11.8 Å². The average molecular weight is 228 g/mol. The lowest BCUT2D eigenvalue weighted by atomic mass is 9.95. The van der Waals surface area contributed by atoms with Crippen LogP contribution in [-0.2, 0) is 0 Å². The standard InChI is InChI=1S/C12H17FOS/c1-9(2)12(3,14)8-15-11-7-5-4-6-10(11)13/h4-7,9,14H,8H2,1-3H3. The summed E-state index contributed by atoms with van der Waals surface area (Å²) in [6.45, 7) is 5.70. The molecule has 84 valence electrons. The van der Waals surface area contributed by atoms with Gasteiger partial charge in [0.15, 0.2) is 0 Å². The fraction of sp³-hybridized carbons (Fsp3) is 0.500. The van der Waals surface area contributed by atoms with Gasteiger partial charge in [-0.2, -0.15) is 0 Å². The van der Waals surface area contributed by atoms with Gasteiger partial charge in [-0.3, -0.25) is 0 Å². The summed E-state index contributed by atoms with van der Waals surface area (Å²) in [6.07, 6.45) is 0. The van der Waals surface area contributed by atoms with E-state index >= 15 is 0 Å². The van der Waals surface area contributed by atoms with Crippen LogP contribution in [0.25, 0.3) is 0 Å². The van der Waals surface area contributed by atoms with Crippen molar-refractivity contribution in [1.29, 1.82) is 0 Å². The van der Waals surface area contributed by atoms with E-state index in [-0.39, 0.29) is 11.7 Å². The average Bonchev–Trinajstić information content (AvgIpc) is 2.16. The third kappa shape index (κ3) is 3.50. The summed E-state index contributed by atoms with van der Waals surface area (Å²) in [5.74, 6) is 0.449. The van der Waals surface area contributed by atoms with Gasteiger partial charge in [-0.15, -0.1) is 11.8 Å². The Morgan fingerprint density at radius 2 is 2.00 bits per heavy atom. The summed E-state index contributed by atoms with van der Waals surface area (Å²) < 4.78 is 13.3. The Hall–Kier alpha value is -0.540. The topological polar surface area (TPSA) is 20.2 Å². The molecule has 1 rings (SSSR count). The molecule has 0 aliphatic carbocycles. The molecular weight excluding hydrogens is 211 g/mol. The number of hydrogen-bond donors (Lipinski definition) is 1. The summed E-state index contributed by atoms with van der Waals surface area (Å²) in [6, 6.07) is 6.64. The molecular formula is C12H17FOS. The Kier molecular flexibility index (Phi) is 4.17. The van der Waals surface area contributed by atoms with E-state index in [0.717, 1.165) is 0 Å². The monoisotopic (exact) mass is 228 g/mol. The lowest BCUT2D eigenvalue weighted by Crippen LogP contribution is -2.33. The zero-order chi connectivity index (χ0) is 11.5. The van der Waals surface area contributed by atoms with Crippen molar-refractivity contribution in [3.05, 3.63) is 30.1 Å². The highest BCUT2D eigenvalue weighted by Gasteiger charge is 2.25. The molecule has 1 aromatic rings.